The van der Waals surface area contributed by atoms with E-state index in [0.29, 0.717) is 17.3 Å². The van der Waals surface area contributed by atoms with Gasteiger partial charge in [0.25, 0.3) is 0 Å². The molecule has 0 unspecified atom stereocenters. The van der Waals surface area contributed by atoms with Crippen molar-refractivity contribution in [3.05, 3.63) is 53.7 Å². The van der Waals surface area contributed by atoms with Gasteiger partial charge in [0.2, 0.25) is 5.95 Å². The van der Waals surface area contributed by atoms with Crippen LogP contribution in [0.4, 0.5) is 11.6 Å². The number of aromatic amines is 1. The summed E-state index contributed by atoms with van der Waals surface area (Å²) in [6.45, 7) is 1.94. The van der Waals surface area contributed by atoms with Gasteiger partial charge in [-0.3, -0.25) is 9.89 Å². The molecular weight excluding hydrogens is 316 g/mol. The normalized spacial score (nSPS) is 11.0. The lowest BCUT2D eigenvalue weighted by molar-refractivity contribution is 0.112. The first-order valence-corrected chi connectivity index (χ1v) is 7.81. The van der Waals surface area contributed by atoms with Crippen molar-refractivity contribution in [2.45, 2.75) is 6.92 Å². The van der Waals surface area contributed by atoms with E-state index < -0.39 is 0 Å². The first-order valence-electron chi connectivity index (χ1n) is 7.81. The number of nitrogens with one attached hydrogen (secondary N) is 2. The lowest BCUT2D eigenvalue weighted by Gasteiger charge is -2.04. The van der Waals surface area contributed by atoms with E-state index in [0.717, 1.165) is 34.0 Å². The number of H-pyrrole nitrogens is 1. The molecule has 7 heteroatoms. The summed E-state index contributed by atoms with van der Waals surface area (Å²) in [7, 11) is 1.84. The number of fused-ring (bicyclic) bond motifs is 1. The van der Waals surface area contributed by atoms with Crippen molar-refractivity contribution in [1.29, 1.82) is 0 Å². The van der Waals surface area contributed by atoms with Crippen LogP contribution in [0.3, 0.4) is 0 Å². The van der Waals surface area contributed by atoms with Crippen molar-refractivity contribution in [1.82, 2.24) is 25.0 Å². The number of carbonyl (C=O) groups excluding carboxylic acids is 1. The zero-order valence-electron chi connectivity index (χ0n) is 13.8. The fourth-order valence-corrected chi connectivity index (χ4v) is 2.77. The number of anilines is 2. The zero-order valence-corrected chi connectivity index (χ0v) is 13.8. The van der Waals surface area contributed by atoms with Crippen LogP contribution in [0.25, 0.3) is 22.3 Å². The Hall–Kier alpha value is -3.48. The predicted octanol–water partition coefficient (Wildman–Crippen LogP) is 3.22. The summed E-state index contributed by atoms with van der Waals surface area (Å²) in [4.78, 5) is 15.5. The summed E-state index contributed by atoms with van der Waals surface area (Å²) in [5.74, 6) is 1.25. The Morgan fingerprint density at radius 2 is 2.08 bits per heavy atom. The average molecular weight is 332 g/mol. The molecule has 4 aromatic rings. The van der Waals surface area contributed by atoms with Crippen LogP contribution < -0.4 is 5.32 Å². The molecule has 25 heavy (non-hydrogen) atoms. The molecule has 0 saturated heterocycles. The van der Waals surface area contributed by atoms with E-state index >= 15 is 0 Å². The molecule has 2 heterocycles. The number of carbonyl (C=O) groups is 1. The average Bonchev–Trinajstić information content (AvgIpc) is 3.21. The van der Waals surface area contributed by atoms with Crippen molar-refractivity contribution in [2.24, 2.45) is 7.05 Å². The first-order chi connectivity index (χ1) is 12.1. The molecule has 0 radical (unpaired) electrons. The van der Waals surface area contributed by atoms with Gasteiger partial charge in [-0.05, 0) is 36.8 Å². The molecular formula is C18H16N6O. The monoisotopic (exact) mass is 332 g/mol. The second-order valence-electron chi connectivity index (χ2n) is 5.87. The Morgan fingerprint density at radius 3 is 2.88 bits per heavy atom. The maximum atomic E-state index is 10.9. The molecule has 2 aromatic carbocycles. The number of aldehydes is 1. The van der Waals surface area contributed by atoms with Crippen molar-refractivity contribution < 1.29 is 4.79 Å². The first kappa shape index (κ1) is 15.1. The van der Waals surface area contributed by atoms with Crippen LogP contribution in [0.1, 0.15) is 15.9 Å². The van der Waals surface area contributed by atoms with E-state index in [1.165, 1.54) is 0 Å². The molecule has 124 valence electrons. The number of hydrogen-bond donors (Lipinski definition) is 2. The van der Waals surface area contributed by atoms with Gasteiger partial charge in [0.15, 0.2) is 5.82 Å². The van der Waals surface area contributed by atoms with E-state index in [-0.39, 0.29) is 0 Å². The van der Waals surface area contributed by atoms with Gasteiger partial charge < -0.3 is 5.32 Å². The summed E-state index contributed by atoms with van der Waals surface area (Å²) in [5.41, 5.74) is 4.39. The molecule has 0 aliphatic heterocycles. The maximum absolute atomic E-state index is 10.9. The number of aromatic nitrogens is 5. The molecule has 0 saturated carbocycles. The maximum Gasteiger partial charge on any atom is 0.225 e. The van der Waals surface area contributed by atoms with Crippen LogP contribution in [-0.2, 0) is 7.05 Å². The van der Waals surface area contributed by atoms with Crippen LogP contribution in [0, 0.1) is 6.92 Å². The van der Waals surface area contributed by atoms with E-state index in [2.05, 4.69) is 25.6 Å². The van der Waals surface area contributed by atoms with Crippen LogP contribution in [0.15, 0.2) is 42.6 Å². The third-order valence-corrected chi connectivity index (χ3v) is 4.09. The lowest BCUT2D eigenvalue weighted by atomic mass is 10.1. The smallest absolute Gasteiger partial charge is 0.225 e. The summed E-state index contributed by atoms with van der Waals surface area (Å²) in [6, 6.07) is 11.4. The third kappa shape index (κ3) is 2.76. The molecule has 2 N–H and O–H groups in total. The Morgan fingerprint density at radius 1 is 1.20 bits per heavy atom. The van der Waals surface area contributed by atoms with Crippen molar-refractivity contribution in [3.8, 4) is 11.4 Å². The number of hydrogen-bond acceptors (Lipinski definition) is 5. The Kier molecular flexibility index (Phi) is 3.53. The van der Waals surface area contributed by atoms with Gasteiger partial charge in [0.1, 0.15) is 6.29 Å². The van der Waals surface area contributed by atoms with Crippen molar-refractivity contribution in [2.75, 3.05) is 5.32 Å². The van der Waals surface area contributed by atoms with E-state index in [4.69, 9.17) is 0 Å². The van der Waals surface area contributed by atoms with Crippen molar-refractivity contribution >= 4 is 28.8 Å². The second kappa shape index (κ2) is 5.86. The minimum absolute atomic E-state index is 0.615. The quantitative estimate of drug-likeness (QED) is 0.560. The summed E-state index contributed by atoms with van der Waals surface area (Å²) < 4.78 is 1.70. The minimum Gasteiger partial charge on any atom is -0.324 e. The SMILES string of the molecule is Cc1cc(C=O)ccc1-c1nc(Nc2ccc3[nH]ncc3c2)n(C)n1. The molecule has 0 bridgehead atoms. The molecule has 7 nitrogen and oxygen atoms in total. The van der Waals surface area contributed by atoms with Crippen molar-refractivity contribution in [3.63, 3.8) is 0 Å². The molecule has 0 spiro atoms. The van der Waals surface area contributed by atoms with Gasteiger partial charge in [0, 0.05) is 29.2 Å². The molecule has 4 rings (SSSR count). The summed E-state index contributed by atoms with van der Waals surface area (Å²) >= 11 is 0. The lowest BCUT2D eigenvalue weighted by Crippen LogP contribution is -1.99. The summed E-state index contributed by atoms with van der Waals surface area (Å²) in [5, 5.41) is 15.7. The number of nitrogens with zero attached hydrogens (tertiary/aromatic N) is 4. The number of benzene rings is 2. The standard InChI is InChI=1S/C18H16N6O/c1-11-7-12(10-25)3-5-15(11)17-21-18(24(2)23-17)20-14-4-6-16-13(8-14)9-19-22-16/h3-10H,1-2H3,(H,19,22)(H,20,21,23). The van der Waals surface area contributed by atoms with Gasteiger partial charge in [0.05, 0.1) is 11.7 Å². The molecule has 0 fully saturated rings. The van der Waals surface area contributed by atoms with Gasteiger partial charge >= 0.3 is 0 Å². The highest BCUT2D eigenvalue weighted by Gasteiger charge is 2.12. The predicted molar refractivity (Wildman–Crippen MR) is 95.9 cm³/mol. The molecule has 0 amide bonds. The molecule has 0 atom stereocenters. The van der Waals surface area contributed by atoms with Crippen LogP contribution >= 0.6 is 0 Å². The zero-order chi connectivity index (χ0) is 17.4. The van der Waals surface area contributed by atoms with E-state index in [1.54, 1.807) is 16.9 Å². The minimum atomic E-state index is 0.615. The largest absolute Gasteiger partial charge is 0.324 e. The third-order valence-electron chi connectivity index (χ3n) is 4.09. The Balaban J connectivity index is 1.67. The van der Waals surface area contributed by atoms with Gasteiger partial charge in [-0.25, -0.2) is 4.68 Å². The highest BCUT2D eigenvalue weighted by atomic mass is 16.1. The van der Waals surface area contributed by atoms with E-state index in [1.807, 2.05) is 44.3 Å². The highest BCUT2D eigenvalue weighted by Crippen LogP contribution is 2.24. The molecule has 0 aliphatic rings. The number of rotatable bonds is 4. The fraction of sp³-hybridized carbons (Fsp3) is 0.111. The molecule has 0 aliphatic carbocycles. The topological polar surface area (TPSA) is 88.5 Å². The fourth-order valence-electron chi connectivity index (χ4n) is 2.77. The Bertz CT molecular complexity index is 1080. The van der Waals surface area contributed by atoms with Crippen LogP contribution in [-0.4, -0.2) is 31.2 Å². The van der Waals surface area contributed by atoms with Gasteiger partial charge in [-0.15, -0.1) is 5.10 Å². The second-order valence-corrected chi connectivity index (χ2v) is 5.87. The van der Waals surface area contributed by atoms with Crippen LogP contribution in [0.2, 0.25) is 0 Å². The molecule has 2 aromatic heterocycles. The Labute approximate surface area is 143 Å². The summed E-state index contributed by atoms with van der Waals surface area (Å²) in [6.07, 6.45) is 2.61. The van der Waals surface area contributed by atoms with Gasteiger partial charge in [-0.1, -0.05) is 12.1 Å². The van der Waals surface area contributed by atoms with E-state index in [9.17, 15) is 4.79 Å². The highest BCUT2D eigenvalue weighted by molar-refractivity contribution is 5.82. The number of aryl methyl sites for hydroxylation is 2. The van der Waals surface area contributed by atoms with Crippen LogP contribution in [0.5, 0.6) is 0 Å². The van der Waals surface area contributed by atoms with Gasteiger partial charge in [-0.2, -0.15) is 10.1 Å².